The molecule has 1 amide bonds. The second kappa shape index (κ2) is 8.30. The molecular formula is C17H13ClN4O3S2. The molecule has 0 radical (unpaired) electrons. The van der Waals surface area contributed by atoms with E-state index in [9.17, 15) is 13.2 Å². The zero-order valence-corrected chi connectivity index (χ0v) is 16.1. The molecule has 2 aromatic carbocycles. The average molecular weight is 421 g/mol. The van der Waals surface area contributed by atoms with E-state index < -0.39 is 10.0 Å². The Bertz CT molecular complexity index is 1070. The Morgan fingerprint density at radius 1 is 1.11 bits per heavy atom. The maximum absolute atomic E-state index is 12.2. The highest BCUT2D eigenvalue weighted by molar-refractivity contribution is 7.93. The first-order valence-corrected chi connectivity index (χ1v) is 10.3. The lowest BCUT2D eigenvalue weighted by Gasteiger charge is -2.06. The number of rotatable bonds is 6. The summed E-state index contributed by atoms with van der Waals surface area (Å²) in [5.74, 6) is -0.363. The van der Waals surface area contributed by atoms with Crippen molar-refractivity contribution >= 4 is 55.8 Å². The van der Waals surface area contributed by atoms with Crippen LogP contribution in [0.25, 0.3) is 6.08 Å². The summed E-state index contributed by atoms with van der Waals surface area (Å²) in [6.07, 6.45) is 2.95. The summed E-state index contributed by atoms with van der Waals surface area (Å²) >= 11 is 7.10. The lowest BCUT2D eigenvalue weighted by molar-refractivity contribution is -0.111. The first kappa shape index (κ1) is 19.0. The molecule has 2 N–H and O–H groups in total. The monoisotopic (exact) mass is 420 g/mol. The summed E-state index contributed by atoms with van der Waals surface area (Å²) in [4.78, 5) is 12.0. The largest absolute Gasteiger partial charge is 0.323 e. The van der Waals surface area contributed by atoms with Crippen molar-refractivity contribution in [2.24, 2.45) is 0 Å². The second-order valence-electron chi connectivity index (χ2n) is 5.22. The highest BCUT2D eigenvalue weighted by atomic mass is 35.5. The summed E-state index contributed by atoms with van der Waals surface area (Å²) in [5.41, 5.74) is 2.60. The number of hydrogen-bond acceptors (Lipinski definition) is 6. The molecule has 0 saturated carbocycles. The van der Waals surface area contributed by atoms with Crippen LogP contribution in [0.2, 0.25) is 5.02 Å². The molecule has 0 bridgehead atoms. The van der Waals surface area contributed by atoms with Gasteiger partial charge in [-0.2, -0.15) is 0 Å². The smallest absolute Gasteiger partial charge is 0.263 e. The van der Waals surface area contributed by atoms with Gasteiger partial charge in [0.05, 0.1) is 4.90 Å². The van der Waals surface area contributed by atoms with E-state index in [2.05, 4.69) is 20.2 Å². The number of benzene rings is 2. The highest BCUT2D eigenvalue weighted by Crippen LogP contribution is 2.19. The van der Waals surface area contributed by atoms with Crippen molar-refractivity contribution in [2.45, 2.75) is 4.90 Å². The van der Waals surface area contributed by atoms with Gasteiger partial charge in [-0.3, -0.25) is 9.52 Å². The second-order valence-corrected chi connectivity index (χ2v) is 8.14. The van der Waals surface area contributed by atoms with Gasteiger partial charge in [-0.1, -0.05) is 41.1 Å². The fraction of sp³-hybridized carbons (Fsp3) is 0. The van der Waals surface area contributed by atoms with E-state index in [-0.39, 0.29) is 15.9 Å². The van der Waals surface area contributed by atoms with Crippen LogP contribution in [0.15, 0.2) is 65.0 Å². The molecule has 1 aromatic heterocycles. The summed E-state index contributed by atoms with van der Waals surface area (Å²) in [7, 11) is -3.76. The van der Waals surface area contributed by atoms with Gasteiger partial charge in [0.15, 0.2) is 0 Å². The van der Waals surface area contributed by atoms with Crippen LogP contribution in [-0.2, 0) is 14.8 Å². The van der Waals surface area contributed by atoms with E-state index in [0.717, 1.165) is 16.9 Å². The molecule has 1 heterocycles. The van der Waals surface area contributed by atoms with E-state index >= 15 is 0 Å². The van der Waals surface area contributed by atoms with Gasteiger partial charge >= 0.3 is 0 Å². The van der Waals surface area contributed by atoms with Crippen LogP contribution in [0.3, 0.4) is 0 Å². The van der Waals surface area contributed by atoms with Crippen LogP contribution >= 0.6 is 22.9 Å². The van der Waals surface area contributed by atoms with Crippen LogP contribution in [0, 0.1) is 0 Å². The highest BCUT2D eigenvalue weighted by Gasteiger charge is 2.15. The lowest BCUT2D eigenvalue weighted by Crippen LogP contribution is -2.13. The van der Waals surface area contributed by atoms with Gasteiger partial charge in [0, 0.05) is 16.8 Å². The Labute approximate surface area is 164 Å². The molecular weight excluding hydrogens is 408 g/mol. The number of halogens is 1. The topological polar surface area (TPSA) is 101 Å². The van der Waals surface area contributed by atoms with E-state index in [4.69, 9.17) is 11.6 Å². The number of aromatic nitrogens is 2. The summed E-state index contributed by atoms with van der Waals surface area (Å²) in [6.45, 7) is 0. The van der Waals surface area contributed by atoms with Crippen molar-refractivity contribution in [3.05, 3.63) is 70.7 Å². The number of anilines is 2. The molecule has 7 nitrogen and oxygen atoms in total. The predicted octanol–water partition coefficient (Wildman–Crippen LogP) is 3.64. The number of nitrogens with one attached hydrogen (secondary N) is 2. The van der Waals surface area contributed by atoms with E-state index in [1.54, 1.807) is 24.3 Å². The zero-order chi connectivity index (χ0) is 19.3. The number of hydrogen-bond donors (Lipinski definition) is 2. The van der Waals surface area contributed by atoms with Gasteiger partial charge in [-0.25, -0.2) is 8.42 Å². The summed E-state index contributed by atoms with van der Waals surface area (Å²) < 4.78 is 26.8. The van der Waals surface area contributed by atoms with Gasteiger partial charge < -0.3 is 5.32 Å². The first-order valence-electron chi connectivity index (χ1n) is 7.57. The third kappa shape index (κ3) is 5.13. The minimum Gasteiger partial charge on any atom is -0.323 e. The molecule has 0 spiro atoms. The molecule has 3 rings (SSSR count). The van der Waals surface area contributed by atoms with Gasteiger partial charge in [0.2, 0.25) is 11.0 Å². The Morgan fingerprint density at radius 3 is 2.52 bits per heavy atom. The third-order valence-corrected chi connectivity index (χ3v) is 5.77. The molecule has 0 aliphatic rings. The summed E-state index contributed by atoms with van der Waals surface area (Å²) in [6, 6.07) is 12.9. The SMILES string of the molecule is O=C(/C=C/c1ccccc1Cl)Nc1ccc(S(=O)(=O)Nc2nncs2)cc1. The molecule has 0 saturated heterocycles. The van der Waals surface area contributed by atoms with Crippen molar-refractivity contribution in [3.8, 4) is 0 Å². The standard InChI is InChI=1S/C17H13ClN4O3S2/c18-15-4-2-1-3-12(15)5-10-16(23)20-13-6-8-14(9-7-13)27(24,25)22-17-21-19-11-26-17/h1-11H,(H,20,23)(H,21,22)/b10-5+. The molecule has 0 atom stereocenters. The molecule has 10 heteroatoms. The molecule has 0 fully saturated rings. The average Bonchev–Trinajstić information content (AvgIpc) is 3.14. The van der Waals surface area contributed by atoms with E-state index in [1.807, 2.05) is 6.07 Å². The first-order chi connectivity index (χ1) is 12.9. The van der Waals surface area contributed by atoms with E-state index in [0.29, 0.717) is 10.7 Å². The van der Waals surface area contributed by atoms with Crippen LogP contribution < -0.4 is 10.0 Å². The molecule has 0 aliphatic carbocycles. The van der Waals surface area contributed by atoms with Gasteiger partial charge in [-0.15, -0.1) is 10.2 Å². The Kier molecular flexibility index (Phi) is 5.84. The Hall–Kier alpha value is -2.75. The van der Waals surface area contributed by atoms with Crippen LogP contribution in [0.5, 0.6) is 0 Å². The maximum Gasteiger partial charge on any atom is 0.263 e. The van der Waals surface area contributed by atoms with Crippen LogP contribution in [0.4, 0.5) is 10.8 Å². The molecule has 0 aliphatic heterocycles. The molecule has 27 heavy (non-hydrogen) atoms. The van der Waals surface area contributed by atoms with Gasteiger partial charge in [0.1, 0.15) is 5.51 Å². The van der Waals surface area contributed by atoms with Gasteiger partial charge in [-0.05, 0) is 42.0 Å². The zero-order valence-electron chi connectivity index (χ0n) is 13.7. The minimum absolute atomic E-state index is 0.0438. The number of carbonyl (C=O) groups excluding carboxylic acids is 1. The fourth-order valence-electron chi connectivity index (χ4n) is 2.07. The van der Waals surface area contributed by atoms with Gasteiger partial charge in [0.25, 0.3) is 10.0 Å². The molecule has 3 aromatic rings. The van der Waals surface area contributed by atoms with Crippen molar-refractivity contribution in [1.29, 1.82) is 0 Å². The number of nitrogens with zero attached hydrogens (tertiary/aromatic N) is 2. The van der Waals surface area contributed by atoms with Crippen molar-refractivity contribution in [3.63, 3.8) is 0 Å². The third-order valence-electron chi connectivity index (χ3n) is 3.33. The number of carbonyl (C=O) groups is 1. The maximum atomic E-state index is 12.2. The molecule has 138 valence electrons. The normalized spacial score (nSPS) is 11.4. The quantitative estimate of drug-likeness (QED) is 0.593. The minimum atomic E-state index is -3.76. The van der Waals surface area contributed by atoms with E-state index in [1.165, 1.54) is 35.9 Å². The van der Waals surface area contributed by atoms with Crippen molar-refractivity contribution in [2.75, 3.05) is 10.0 Å². The Balaban J connectivity index is 1.65. The van der Waals surface area contributed by atoms with Crippen LogP contribution in [-0.4, -0.2) is 24.5 Å². The van der Waals surface area contributed by atoms with Crippen LogP contribution in [0.1, 0.15) is 5.56 Å². The number of sulfonamides is 1. The lowest BCUT2D eigenvalue weighted by atomic mass is 10.2. The Morgan fingerprint density at radius 2 is 1.85 bits per heavy atom. The summed E-state index contributed by atoms with van der Waals surface area (Å²) in [5, 5.41) is 10.6. The van der Waals surface area contributed by atoms with Crippen molar-refractivity contribution < 1.29 is 13.2 Å². The predicted molar refractivity (Wildman–Crippen MR) is 106 cm³/mol. The number of amides is 1. The van der Waals surface area contributed by atoms with Crippen molar-refractivity contribution in [1.82, 2.24) is 10.2 Å². The molecule has 0 unspecified atom stereocenters. The fourth-order valence-corrected chi connectivity index (χ4v) is 3.96.